The highest BCUT2D eigenvalue weighted by atomic mass is 35.5. The molecular weight excluding hydrogens is 298 g/mol. The Hall–Kier alpha value is -2.67. The molecule has 21 heavy (non-hydrogen) atoms. The van der Waals surface area contributed by atoms with Crippen LogP contribution in [0, 0.1) is 17.0 Å². The first-order valence-corrected chi connectivity index (χ1v) is 6.17. The molecule has 0 atom stereocenters. The van der Waals surface area contributed by atoms with Crippen LogP contribution in [0.5, 0.6) is 5.75 Å². The maximum atomic E-state index is 12.1. The Morgan fingerprint density at radius 1 is 1.43 bits per heavy atom. The molecular formula is C13H10ClN3O4. The van der Waals surface area contributed by atoms with Gasteiger partial charge in [-0.25, -0.2) is 4.98 Å². The van der Waals surface area contributed by atoms with Crippen LogP contribution in [0.1, 0.15) is 15.9 Å². The molecule has 0 aliphatic rings. The first-order valence-electron chi connectivity index (χ1n) is 5.79. The minimum absolute atomic E-state index is 0.0207. The first kappa shape index (κ1) is 14.7. The fourth-order valence-electron chi connectivity index (χ4n) is 1.68. The Kier molecular flexibility index (Phi) is 4.04. The Bertz CT molecular complexity index is 733. The summed E-state index contributed by atoms with van der Waals surface area (Å²) >= 11 is 5.67. The summed E-state index contributed by atoms with van der Waals surface area (Å²) in [6.45, 7) is 1.66. The van der Waals surface area contributed by atoms with E-state index < -0.39 is 16.5 Å². The molecule has 8 heteroatoms. The van der Waals surface area contributed by atoms with Crippen LogP contribution in [0.2, 0.25) is 5.15 Å². The van der Waals surface area contributed by atoms with Crippen LogP contribution in [0.3, 0.4) is 0 Å². The van der Waals surface area contributed by atoms with Gasteiger partial charge in [0, 0.05) is 5.69 Å². The molecule has 0 fully saturated rings. The number of nitrogens with zero attached hydrogens (tertiary/aromatic N) is 2. The second-order valence-corrected chi connectivity index (χ2v) is 4.62. The molecule has 108 valence electrons. The lowest BCUT2D eigenvalue weighted by Gasteiger charge is -2.07. The second-order valence-electron chi connectivity index (χ2n) is 4.24. The van der Waals surface area contributed by atoms with Crippen LogP contribution in [0.15, 0.2) is 30.5 Å². The molecule has 1 amide bonds. The van der Waals surface area contributed by atoms with Crippen LogP contribution in [-0.2, 0) is 0 Å². The number of phenols is 1. The number of phenolic OH excluding ortho intramolecular Hbond substituents is 1. The highest BCUT2D eigenvalue weighted by Crippen LogP contribution is 2.24. The molecule has 0 aliphatic heterocycles. The summed E-state index contributed by atoms with van der Waals surface area (Å²) in [5.74, 6) is -0.595. The molecule has 2 rings (SSSR count). The lowest BCUT2D eigenvalue weighted by atomic mass is 10.1. The van der Waals surface area contributed by atoms with Gasteiger partial charge in [0.25, 0.3) is 11.6 Å². The second kappa shape index (κ2) is 5.76. The minimum atomic E-state index is -0.708. The van der Waals surface area contributed by atoms with Crippen molar-refractivity contribution in [2.24, 2.45) is 0 Å². The van der Waals surface area contributed by atoms with Gasteiger partial charge in [-0.3, -0.25) is 14.9 Å². The van der Waals surface area contributed by atoms with E-state index in [2.05, 4.69) is 10.3 Å². The zero-order valence-corrected chi connectivity index (χ0v) is 11.6. The number of nitro groups is 1. The molecule has 1 heterocycles. The molecule has 1 aromatic carbocycles. The fourth-order valence-corrected chi connectivity index (χ4v) is 1.84. The molecule has 0 aliphatic carbocycles. The summed E-state index contributed by atoms with van der Waals surface area (Å²) in [6.07, 6.45) is 0.930. The van der Waals surface area contributed by atoms with Crippen molar-refractivity contribution in [3.63, 3.8) is 0 Å². The Labute approximate surface area is 124 Å². The number of benzene rings is 1. The lowest BCUT2D eigenvalue weighted by Crippen LogP contribution is -2.14. The number of aromatic hydroxyl groups is 1. The van der Waals surface area contributed by atoms with E-state index in [1.165, 1.54) is 12.1 Å². The van der Waals surface area contributed by atoms with Gasteiger partial charge in [0.2, 0.25) is 0 Å². The van der Waals surface area contributed by atoms with E-state index in [1.54, 1.807) is 13.0 Å². The number of hydrogen-bond acceptors (Lipinski definition) is 5. The standard InChI is InChI=1S/C13H10ClN3O4/c1-7-4-8(2-3-11(7)18)16-13(19)9-5-12(14)15-6-10(9)17(20)21/h2-6,18H,1H3,(H,16,19). The number of nitrogens with one attached hydrogen (secondary N) is 1. The third-order valence-corrected chi connectivity index (χ3v) is 2.95. The van der Waals surface area contributed by atoms with Gasteiger partial charge in [-0.15, -0.1) is 0 Å². The number of anilines is 1. The third-order valence-electron chi connectivity index (χ3n) is 2.75. The number of amides is 1. The summed E-state index contributed by atoms with van der Waals surface area (Å²) in [6, 6.07) is 5.57. The van der Waals surface area contributed by atoms with Crippen molar-refractivity contribution in [3.05, 3.63) is 56.9 Å². The predicted molar refractivity (Wildman–Crippen MR) is 76.7 cm³/mol. The summed E-state index contributed by atoms with van der Waals surface area (Å²) in [4.78, 5) is 25.9. The third kappa shape index (κ3) is 3.26. The maximum Gasteiger partial charge on any atom is 0.300 e. The molecule has 2 N–H and O–H groups in total. The fraction of sp³-hybridized carbons (Fsp3) is 0.0769. The van der Waals surface area contributed by atoms with Crippen molar-refractivity contribution in [1.82, 2.24) is 4.98 Å². The summed E-state index contributed by atoms with van der Waals surface area (Å²) < 4.78 is 0. The van der Waals surface area contributed by atoms with E-state index in [-0.39, 0.29) is 16.5 Å². The number of carbonyl (C=O) groups excluding carboxylic acids is 1. The van der Waals surface area contributed by atoms with Crippen LogP contribution in [-0.4, -0.2) is 20.9 Å². The van der Waals surface area contributed by atoms with E-state index in [4.69, 9.17) is 11.6 Å². The van der Waals surface area contributed by atoms with Gasteiger partial charge in [-0.05, 0) is 36.8 Å². The predicted octanol–water partition coefficient (Wildman–Crippen LogP) is 2.91. The summed E-state index contributed by atoms with van der Waals surface area (Å²) in [5.41, 5.74) is 0.339. The van der Waals surface area contributed by atoms with Gasteiger partial charge in [-0.1, -0.05) is 11.6 Å². The molecule has 7 nitrogen and oxygen atoms in total. The highest BCUT2D eigenvalue weighted by Gasteiger charge is 2.21. The van der Waals surface area contributed by atoms with Crippen molar-refractivity contribution in [2.75, 3.05) is 5.32 Å². The maximum absolute atomic E-state index is 12.1. The Balaban J connectivity index is 2.34. The smallest absolute Gasteiger partial charge is 0.300 e. The normalized spacial score (nSPS) is 10.2. The SMILES string of the molecule is Cc1cc(NC(=O)c2cc(Cl)ncc2[N+](=O)[O-])ccc1O. The summed E-state index contributed by atoms with van der Waals surface area (Å²) in [5, 5.41) is 22.8. The van der Waals surface area contributed by atoms with Gasteiger partial charge in [0.05, 0.1) is 4.92 Å². The monoisotopic (exact) mass is 307 g/mol. The zero-order chi connectivity index (χ0) is 15.6. The quantitative estimate of drug-likeness (QED) is 0.392. The van der Waals surface area contributed by atoms with E-state index in [1.807, 2.05) is 0 Å². The molecule has 0 unspecified atom stereocenters. The van der Waals surface area contributed by atoms with Gasteiger partial charge in [0.1, 0.15) is 22.7 Å². The number of aryl methyl sites for hydroxylation is 1. The average Bonchev–Trinajstić information content (AvgIpc) is 2.42. The number of halogens is 1. The number of rotatable bonds is 3. The van der Waals surface area contributed by atoms with Crippen molar-refractivity contribution >= 4 is 28.9 Å². The molecule has 1 aromatic heterocycles. The first-order chi connectivity index (χ1) is 9.88. The van der Waals surface area contributed by atoms with Crippen molar-refractivity contribution in [3.8, 4) is 5.75 Å². The van der Waals surface area contributed by atoms with Gasteiger partial charge >= 0.3 is 0 Å². The number of carbonyl (C=O) groups is 1. The number of hydrogen-bond donors (Lipinski definition) is 2. The largest absolute Gasteiger partial charge is 0.508 e. The summed E-state index contributed by atoms with van der Waals surface area (Å²) in [7, 11) is 0. The van der Waals surface area contributed by atoms with Gasteiger partial charge < -0.3 is 10.4 Å². The number of pyridine rings is 1. The van der Waals surface area contributed by atoms with E-state index >= 15 is 0 Å². The zero-order valence-electron chi connectivity index (χ0n) is 10.8. The van der Waals surface area contributed by atoms with Crippen molar-refractivity contribution in [2.45, 2.75) is 6.92 Å². The molecule has 0 bridgehead atoms. The van der Waals surface area contributed by atoms with Crippen LogP contribution < -0.4 is 5.32 Å². The van der Waals surface area contributed by atoms with Crippen LogP contribution in [0.25, 0.3) is 0 Å². The number of aromatic nitrogens is 1. The highest BCUT2D eigenvalue weighted by molar-refractivity contribution is 6.30. The van der Waals surface area contributed by atoms with Crippen molar-refractivity contribution < 1.29 is 14.8 Å². The van der Waals surface area contributed by atoms with E-state index in [0.29, 0.717) is 11.3 Å². The van der Waals surface area contributed by atoms with E-state index in [0.717, 1.165) is 12.3 Å². The van der Waals surface area contributed by atoms with E-state index in [9.17, 15) is 20.0 Å². The topological polar surface area (TPSA) is 105 Å². The van der Waals surface area contributed by atoms with Crippen LogP contribution >= 0.6 is 11.6 Å². The minimum Gasteiger partial charge on any atom is -0.508 e. The molecule has 2 aromatic rings. The van der Waals surface area contributed by atoms with Crippen molar-refractivity contribution in [1.29, 1.82) is 0 Å². The molecule has 0 saturated carbocycles. The van der Waals surface area contributed by atoms with Crippen LogP contribution in [0.4, 0.5) is 11.4 Å². The Morgan fingerprint density at radius 2 is 2.14 bits per heavy atom. The molecule has 0 radical (unpaired) electrons. The van der Waals surface area contributed by atoms with Gasteiger partial charge in [-0.2, -0.15) is 0 Å². The van der Waals surface area contributed by atoms with Gasteiger partial charge in [0.15, 0.2) is 0 Å². The molecule has 0 spiro atoms. The molecule has 0 saturated heterocycles. The average molecular weight is 308 g/mol. The lowest BCUT2D eigenvalue weighted by molar-refractivity contribution is -0.385. The Morgan fingerprint density at radius 3 is 2.76 bits per heavy atom.